The summed E-state index contributed by atoms with van der Waals surface area (Å²) in [4.78, 5) is 2.70. The van der Waals surface area contributed by atoms with E-state index in [1.807, 2.05) is 17.4 Å². The van der Waals surface area contributed by atoms with Gasteiger partial charge in [-0.1, -0.05) is 6.92 Å². The monoisotopic (exact) mass is 234 g/mol. The number of aryl methyl sites for hydroxylation is 1. The van der Waals surface area contributed by atoms with Crippen molar-refractivity contribution in [3.8, 4) is 0 Å². The molecule has 0 aromatic carbocycles. The molecule has 2 rings (SSSR count). The van der Waals surface area contributed by atoms with Crippen molar-refractivity contribution in [2.75, 3.05) is 11.1 Å². The summed E-state index contributed by atoms with van der Waals surface area (Å²) in [5.41, 5.74) is 5.46. The normalized spacial score (nSPS) is 10.3. The first-order chi connectivity index (χ1) is 7.78. The molecule has 5 heteroatoms. The molecule has 4 nitrogen and oxygen atoms in total. The van der Waals surface area contributed by atoms with Gasteiger partial charge in [-0.05, 0) is 30.7 Å². The first-order valence-electron chi connectivity index (χ1n) is 5.18. The van der Waals surface area contributed by atoms with Crippen LogP contribution in [0.1, 0.15) is 16.7 Å². The fourth-order valence-corrected chi connectivity index (χ4v) is 2.22. The summed E-state index contributed by atoms with van der Waals surface area (Å²) in [6, 6.07) is 7.87. The van der Waals surface area contributed by atoms with Gasteiger partial charge in [0.05, 0.1) is 6.54 Å². The fraction of sp³-hybridized carbons (Fsp3) is 0.273. The van der Waals surface area contributed by atoms with Gasteiger partial charge in [-0.3, -0.25) is 0 Å². The van der Waals surface area contributed by atoms with Crippen molar-refractivity contribution < 1.29 is 0 Å². The number of aromatic nitrogens is 2. The number of hydrogen-bond donors (Lipinski definition) is 2. The number of nitrogens with two attached hydrogens (primary N) is 1. The highest BCUT2D eigenvalue weighted by molar-refractivity contribution is 7.12. The molecular formula is C11H14N4S. The van der Waals surface area contributed by atoms with Gasteiger partial charge in [0.1, 0.15) is 11.6 Å². The van der Waals surface area contributed by atoms with Crippen LogP contribution in [0.4, 0.5) is 11.6 Å². The molecule has 0 saturated carbocycles. The van der Waals surface area contributed by atoms with Gasteiger partial charge in [0.15, 0.2) is 0 Å². The van der Waals surface area contributed by atoms with Crippen molar-refractivity contribution in [1.29, 1.82) is 0 Å². The van der Waals surface area contributed by atoms with Gasteiger partial charge < -0.3 is 11.1 Å². The van der Waals surface area contributed by atoms with Crippen LogP contribution in [0.5, 0.6) is 0 Å². The Labute approximate surface area is 98.5 Å². The zero-order valence-corrected chi connectivity index (χ0v) is 9.92. The minimum Gasteiger partial charge on any atom is -0.382 e. The number of thiophene rings is 1. The Morgan fingerprint density at radius 3 is 2.62 bits per heavy atom. The van der Waals surface area contributed by atoms with Crippen molar-refractivity contribution in [2.24, 2.45) is 0 Å². The van der Waals surface area contributed by atoms with Gasteiger partial charge in [-0.15, -0.1) is 21.5 Å². The maximum atomic E-state index is 5.46. The second-order valence-corrected chi connectivity index (χ2v) is 4.67. The minimum absolute atomic E-state index is 0.440. The lowest BCUT2D eigenvalue weighted by atomic mass is 10.3. The van der Waals surface area contributed by atoms with Gasteiger partial charge in [-0.2, -0.15) is 0 Å². The van der Waals surface area contributed by atoms with E-state index in [-0.39, 0.29) is 0 Å². The van der Waals surface area contributed by atoms with Crippen LogP contribution in [0.25, 0.3) is 0 Å². The number of hydrogen-bond acceptors (Lipinski definition) is 5. The average molecular weight is 234 g/mol. The number of anilines is 2. The molecule has 0 fully saturated rings. The highest BCUT2D eigenvalue weighted by Crippen LogP contribution is 2.17. The van der Waals surface area contributed by atoms with Gasteiger partial charge in [0, 0.05) is 9.75 Å². The summed E-state index contributed by atoms with van der Waals surface area (Å²) in [5, 5.41) is 10.9. The highest BCUT2D eigenvalue weighted by Gasteiger charge is 1.99. The quantitative estimate of drug-likeness (QED) is 0.852. The fourth-order valence-electron chi connectivity index (χ4n) is 1.32. The molecule has 0 unspecified atom stereocenters. The molecule has 0 bridgehead atoms. The first kappa shape index (κ1) is 10.9. The van der Waals surface area contributed by atoms with Crippen molar-refractivity contribution in [3.63, 3.8) is 0 Å². The second kappa shape index (κ2) is 4.94. The van der Waals surface area contributed by atoms with Crippen LogP contribution in [-0.4, -0.2) is 10.2 Å². The molecule has 84 valence electrons. The van der Waals surface area contributed by atoms with Crippen molar-refractivity contribution in [3.05, 3.63) is 34.0 Å². The van der Waals surface area contributed by atoms with Crippen LogP contribution < -0.4 is 11.1 Å². The van der Waals surface area contributed by atoms with Crippen molar-refractivity contribution in [1.82, 2.24) is 10.2 Å². The highest BCUT2D eigenvalue weighted by atomic mass is 32.1. The molecule has 2 aromatic heterocycles. The summed E-state index contributed by atoms with van der Waals surface area (Å²) in [7, 11) is 0. The molecule has 0 atom stereocenters. The number of rotatable bonds is 4. The predicted molar refractivity (Wildman–Crippen MR) is 67.5 cm³/mol. The maximum absolute atomic E-state index is 5.46. The molecule has 0 spiro atoms. The Morgan fingerprint density at radius 2 is 2.00 bits per heavy atom. The largest absolute Gasteiger partial charge is 0.382 e. The van der Waals surface area contributed by atoms with E-state index in [1.165, 1.54) is 9.75 Å². The van der Waals surface area contributed by atoms with E-state index in [4.69, 9.17) is 5.73 Å². The van der Waals surface area contributed by atoms with Crippen LogP contribution in [0.15, 0.2) is 24.3 Å². The van der Waals surface area contributed by atoms with E-state index < -0.39 is 0 Å². The van der Waals surface area contributed by atoms with Crippen LogP contribution in [0.2, 0.25) is 0 Å². The summed E-state index contributed by atoms with van der Waals surface area (Å²) >= 11 is 1.82. The third kappa shape index (κ3) is 2.70. The second-order valence-electron chi connectivity index (χ2n) is 3.42. The standard InChI is InChI=1S/C11H14N4S/c1-2-8-3-4-9(16-8)7-13-11-6-5-10(12)14-15-11/h3-6H,2,7H2,1H3,(H2,12,14)(H,13,15). The molecule has 2 heterocycles. The van der Waals surface area contributed by atoms with Crippen LogP contribution in [0, 0.1) is 0 Å². The third-order valence-corrected chi connectivity index (χ3v) is 3.42. The molecule has 16 heavy (non-hydrogen) atoms. The van der Waals surface area contributed by atoms with E-state index in [0.29, 0.717) is 5.82 Å². The lowest BCUT2D eigenvalue weighted by molar-refractivity contribution is 1.01. The van der Waals surface area contributed by atoms with E-state index in [2.05, 4.69) is 34.6 Å². The van der Waals surface area contributed by atoms with E-state index in [0.717, 1.165) is 18.8 Å². The average Bonchev–Trinajstić information content (AvgIpc) is 2.76. The lowest BCUT2D eigenvalue weighted by Crippen LogP contribution is -2.02. The van der Waals surface area contributed by atoms with Gasteiger partial charge in [-0.25, -0.2) is 0 Å². The van der Waals surface area contributed by atoms with E-state index >= 15 is 0 Å². The Kier molecular flexibility index (Phi) is 3.36. The van der Waals surface area contributed by atoms with Gasteiger partial charge in [0.25, 0.3) is 0 Å². The molecule has 0 saturated heterocycles. The maximum Gasteiger partial charge on any atom is 0.149 e. The first-order valence-corrected chi connectivity index (χ1v) is 6.00. The topological polar surface area (TPSA) is 63.8 Å². The van der Waals surface area contributed by atoms with Crippen LogP contribution >= 0.6 is 11.3 Å². The van der Waals surface area contributed by atoms with Gasteiger partial charge in [0.2, 0.25) is 0 Å². The molecular weight excluding hydrogens is 220 g/mol. The van der Waals surface area contributed by atoms with Crippen LogP contribution in [0.3, 0.4) is 0 Å². The SMILES string of the molecule is CCc1ccc(CNc2ccc(N)nn2)s1. The van der Waals surface area contributed by atoms with Crippen molar-refractivity contribution >= 4 is 23.0 Å². The number of nitrogens with one attached hydrogen (secondary N) is 1. The molecule has 0 amide bonds. The Hall–Kier alpha value is -1.62. The molecule has 0 aliphatic carbocycles. The Morgan fingerprint density at radius 1 is 1.19 bits per heavy atom. The Balaban J connectivity index is 1.94. The molecule has 0 aliphatic heterocycles. The predicted octanol–water partition coefficient (Wildman–Crippen LogP) is 2.29. The summed E-state index contributed by atoms with van der Waals surface area (Å²) in [5.74, 6) is 1.19. The summed E-state index contributed by atoms with van der Waals surface area (Å²) in [6.45, 7) is 2.94. The molecule has 0 aliphatic rings. The zero-order valence-electron chi connectivity index (χ0n) is 9.10. The molecule has 0 radical (unpaired) electrons. The summed E-state index contributed by atoms with van der Waals surface area (Å²) < 4.78 is 0. The lowest BCUT2D eigenvalue weighted by Gasteiger charge is -2.02. The Bertz CT molecular complexity index is 449. The number of nitrogen functional groups attached to an aromatic ring is 1. The molecule has 2 aromatic rings. The molecule has 3 N–H and O–H groups in total. The van der Waals surface area contributed by atoms with Crippen molar-refractivity contribution in [2.45, 2.75) is 19.9 Å². The summed E-state index contributed by atoms with van der Waals surface area (Å²) in [6.07, 6.45) is 1.09. The minimum atomic E-state index is 0.440. The zero-order chi connectivity index (χ0) is 11.4. The van der Waals surface area contributed by atoms with Crippen LogP contribution in [-0.2, 0) is 13.0 Å². The third-order valence-electron chi connectivity index (χ3n) is 2.19. The van der Waals surface area contributed by atoms with Gasteiger partial charge >= 0.3 is 0 Å². The number of nitrogens with zero attached hydrogens (tertiary/aromatic N) is 2. The van der Waals surface area contributed by atoms with E-state index in [9.17, 15) is 0 Å². The smallest absolute Gasteiger partial charge is 0.149 e. The van der Waals surface area contributed by atoms with E-state index in [1.54, 1.807) is 6.07 Å².